The SMILES string of the molecule is Cc1nnsc1C(=O)N(CC(=O)O)C(C)(C)C. The zero-order valence-electron chi connectivity index (χ0n) is 10.2. The second-order valence-electron chi connectivity index (χ2n) is 4.64. The molecule has 17 heavy (non-hydrogen) atoms. The van der Waals surface area contributed by atoms with Crippen LogP contribution >= 0.6 is 11.5 Å². The van der Waals surface area contributed by atoms with E-state index in [0.29, 0.717) is 10.6 Å². The first-order valence-electron chi connectivity index (χ1n) is 5.06. The van der Waals surface area contributed by atoms with Crippen LogP contribution in [0.15, 0.2) is 0 Å². The minimum absolute atomic E-state index is 0.334. The molecule has 1 N–H and O–H groups in total. The van der Waals surface area contributed by atoms with Gasteiger partial charge in [-0.2, -0.15) is 0 Å². The Kier molecular flexibility index (Phi) is 3.82. The summed E-state index contributed by atoms with van der Waals surface area (Å²) in [5, 5.41) is 12.6. The van der Waals surface area contributed by atoms with Crippen molar-refractivity contribution in [2.24, 2.45) is 0 Å². The minimum Gasteiger partial charge on any atom is -0.480 e. The van der Waals surface area contributed by atoms with E-state index in [1.54, 1.807) is 27.7 Å². The fourth-order valence-electron chi connectivity index (χ4n) is 1.30. The molecule has 0 aromatic carbocycles. The molecule has 94 valence electrons. The summed E-state index contributed by atoms with van der Waals surface area (Å²) in [5.74, 6) is -1.38. The number of aryl methyl sites for hydroxylation is 1. The Morgan fingerprint density at radius 2 is 2.00 bits per heavy atom. The summed E-state index contributed by atoms with van der Waals surface area (Å²) in [6, 6.07) is 0. The topological polar surface area (TPSA) is 83.4 Å². The molecule has 1 amide bonds. The number of carbonyl (C=O) groups is 2. The fourth-order valence-corrected chi connectivity index (χ4v) is 1.91. The molecule has 7 heteroatoms. The maximum absolute atomic E-state index is 12.2. The van der Waals surface area contributed by atoms with Crippen molar-refractivity contribution in [3.63, 3.8) is 0 Å². The van der Waals surface area contributed by atoms with Crippen molar-refractivity contribution in [1.29, 1.82) is 0 Å². The Hall–Kier alpha value is -1.50. The molecule has 0 aliphatic rings. The summed E-state index contributed by atoms with van der Waals surface area (Å²) < 4.78 is 3.68. The first-order valence-corrected chi connectivity index (χ1v) is 5.83. The van der Waals surface area contributed by atoms with Gasteiger partial charge in [0.1, 0.15) is 11.4 Å². The zero-order chi connectivity index (χ0) is 13.2. The highest BCUT2D eigenvalue weighted by Gasteiger charge is 2.31. The van der Waals surface area contributed by atoms with E-state index in [-0.39, 0.29) is 12.5 Å². The Labute approximate surface area is 103 Å². The molecular weight excluding hydrogens is 242 g/mol. The second-order valence-corrected chi connectivity index (χ2v) is 5.40. The minimum atomic E-state index is -1.04. The number of amides is 1. The molecule has 0 spiro atoms. The van der Waals surface area contributed by atoms with Crippen LogP contribution in [0.5, 0.6) is 0 Å². The number of aromatic nitrogens is 2. The molecule has 0 atom stereocenters. The number of aliphatic carboxylic acids is 1. The van der Waals surface area contributed by atoms with Crippen LogP contribution in [0.1, 0.15) is 36.1 Å². The van der Waals surface area contributed by atoms with Crippen LogP contribution in [-0.4, -0.2) is 43.6 Å². The van der Waals surface area contributed by atoms with Gasteiger partial charge < -0.3 is 10.0 Å². The van der Waals surface area contributed by atoms with Gasteiger partial charge in [0.05, 0.1) is 5.69 Å². The lowest BCUT2D eigenvalue weighted by Crippen LogP contribution is -2.48. The molecule has 0 aliphatic carbocycles. The predicted molar refractivity (Wildman–Crippen MR) is 63.1 cm³/mol. The van der Waals surface area contributed by atoms with Crippen molar-refractivity contribution in [3.8, 4) is 0 Å². The molecule has 0 radical (unpaired) electrons. The maximum Gasteiger partial charge on any atom is 0.323 e. The van der Waals surface area contributed by atoms with Gasteiger partial charge in [0.2, 0.25) is 0 Å². The van der Waals surface area contributed by atoms with Crippen molar-refractivity contribution >= 4 is 23.4 Å². The van der Waals surface area contributed by atoms with Crippen LogP contribution in [0.4, 0.5) is 0 Å². The molecule has 0 aliphatic heterocycles. The molecule has 1 aromatic heterocycles. The predicted octanol–water partition coefficient (Wildman–Crippen LogP) is 1.17. The lowest BCUT2D eigenvalue weighted by molar-refractivity contribution is -0.138. The van der Waals surface area contributed by atoms with E-state index in [0.717, 1.165) is 11.5 Å². The molecule has 0 saturated heterocycles. The molecule has 1 rings (SSSR count). The number of nitrogens with zero attached hydrogens (tertiary/aromatic N) is 3. The van der Waals surface area contributed by atoms with Crippen LogP contribution in [0.3, 0.4) is 0 Å². The third kappa shape index (κ3) is 3.23. The number of carboxylic acids is 1. The van der Waals surface area contributed by atoms with Gasteiger partial charge in [-0.1, -0.05) is 4.49 Å². The molecule has 0 saturated carbocycles. The van der Waals surface area contributed by atoms with Gasteiger partial charge in [0, 0.05) is 5.54 Å². The number of carboxylic acid groups (broad SMARTS) is 1. The van der Waals surface area contributed by atoms with Crippen molar-refractivity contribution in [2.75, 3.05) is 6.54 Å². The molecule has 0 bridgehead atoms. The van der Waals surface area contributed by atoms with Gasteiger partial charge in [-0.3, -0.25) is 9.59 Å². The van der Waals surface area contributed by atoms with Crippen LogP contribution in [0.25, 0.3) is 0 Å². The van der Waals surface area contributed by atoms with E-state index < -0.39 is 11.5 Å². The lowest BCUT2D eigenvalue weighted by Gasteiger charge is -2.34. The van der Waals surface area contributed by atoms with Gasteiger partial charge >= 0.3 is 5.97 Å². The summed E-state index contributed by atoms with van der Waals surface area (Å²) in [7, 11) is 0. The Bertz CT molecular complexity index is 436. The van der Waals surface area contributed by atoms with E-state index in [2.05, 4.69) is 9.59 Å². The standard InChI is InChI=1S/C10H15N3O3S/c1-6-8(17-12-11-6)9(16)13(5-7(14)15)10(2,3)4/h5H2,1-4H3,(H,14,15). The summed E-state index contributed by atoms with van der Waals surface area (Å²) in [4.78, 5) is 24.7. The van der Waals surface area contributed by atoms with E-state index in [9.17, 15) is 9.59 Å². The average Bonchev–Trinajstić information content (AvgIpc) is 2.58. The normalized spacial score (nSPS) is 11.3. The van der Waals surface area contributed by atoms with E-state index in [4.69, 9.17) is 5.11 Å². The molecule has 6 nitrogen and oxygen atoms in total. The van der Waals surface area contributed by atoms with Gasteiger partial charge in [-0.15, -0.1) is 5.10 Å². The number of rotatable bonds is 3. The van der Waals surface area contributed by atoms with Gasteiger partial charge in [-0.05, 0) is 39.2 Å². The van der Waals surface area contributed by atoms with Crippen LogP contribution < -0.4 is 0 Å². The van der Waals surface area contributed by atoms with Crippen LogP contribution in [-0.2, 0) is 4.79 Å². The smallest absolute Gasteiger partial charge is 0.323 e. The van der Waals surface area contributed by atoms with E-state index in [1.165, 1.54) is 4.90 Å². The van der Waals surface area contributed by atoms with Crippen molar-refractivity contribution < 1.29 is 14.7 Å². The van der Waals surface area contributed by atoms with Crippen molar-refractivity contribution in [3.05, 3.63) is 10.6 Å². The quantitative estimate of drug-likeness (QED) is 0.878. The van der Waals surface area contributed by atoms with Crippen molar-refractivity contribution in [2.45, 2.75) is 33.2 Å². The van der Waals surface area contributed by atoms with Gasteiger partial charge in [0.25, 0.3) is 5.91 Å². The zero-order valence-corrected chi connectivity index (χ0v) is 11.0. The van der Waals surface area contributed by atoms with Crippen molar-refractivity contribution in [1.82, 2.24) is 14.5 Å². The van der Waals surface area contributed by atoms with Gasteiger partial charge in [0.15, 0.2) is 0 Å². The Morgan fingerprint density at radius 3 is 2.35 bits per heavy atom. The van der Waals surface area contributed by atoms with E-state index in [1.807, 2.05) is 0 Å². The summed E-state index contributed by atoms with van der Waals surface area (Å²) in [5.41, 5.74) is -0.0361. The van der Waals surface area contributed by atoms with Crippen LogP contribution in [0, 0.1) is 6.92 Å². The fraction of sp³-hybridized carbons (Fsp3) is 0.600. The van der Waals surface area contributed by atoms with Crippen LogP contribution in [0.2, 0.25) is 0 Å². The largest absolute Gasteiger partial charge is 0.480 e. The number of hydrogen-bond donors (Lipinski definition) is 1. The molecular formula is C10H15N3O3S. The highest BCUT2D eigenvalue weighted by Crippen LogP contribution is 2.20. The van der Waals surface area contributed by atoms with E-state index >= 15 is 0 Å². The summed E-state index contributed by atoms with van der Waals surface area (Å²) in [6.45, 7) is 6.71. The maximum atomic E-state index is 12.2. The summed E-state index contributed by atoms with van der Waals surface area (Å²) in [6.07, 6.45) is 0. The molecule has 0 unspecified atom stereocenters. The average molecular weight is 257 g/mol. The first-order chi connectivity index (χ1) is 7.73. The van der Waals surface area contributed by atoms with Gasteiger partial charge in [-0.25, -0.2) is 0 Å². The highest BCUT2D eigenvalue weighted by atomic mass is 32.1. The number of hydrogen-bond acceptors (Lipinski definition) is 5. The second kappa shape index (κ2) is 4.79. The molecule has 1 aromatic rings. The third-order valence-electron chi connectivity index (χ3n) is 2.19. The summed E-state index contributed by atoms with van der Waals surface area (Å²) >= 11 is 0.984. The third-order valence-corrected chi connectivity index (χ3v) is 3.01. The molecule has 0 fully saturated rings. The Balaban J connectivity index is 3.04. The molecule has 1 heterocycles. The lowest BCUT2D eigenvalue weighted by atomic mass is 10.1. The Morgan fingerprint density at radius 1 is 1.41 bits per heavy atom. The highest BCUT2D eigenvalue weighted by molar-refractivity contribution is 7.07. The number of carbonyl (C=O) groups excluding carboxylic acids is 1. The first kappa shape index (κ1) is 13.6. The monoisotopic (exact) mass is 257 g/mol.